The molecule has 3 aromatic rings. The van der Waals surface area contributed by atoms with Crippen LogP contribution in [-0.2, 0) is 6.54 Å². The summed E-state index contributed by atoms with van der Waals surface area (Å²) in [6.07, 6.45) is 1.26. The van der Waals surface area contributed by atoms with E-state index in [0.717, 1.165) is 6.07 Å². The molecule has 1 fully saturated rings. The van der Waals surface area contributed by atoms with Gasteiger partial charge >= 0.3 is 11.8 Å². The molecular weight excluding hydrogens is 479 g/mol. The van der Waals surface area contributed by atoms with E-state index in [1.54, 1.807) is 22.1 Å². The van der Waals surface area contributed by atoms with Crippen LogP contribution in [-0.4, -0.2) is 67.7 Å². The van der Waals surface area contributed by atoms with Gasteiger partial charge in [-0.05, 0) is 24.0 Å². The Labute approximate surface area is 202 Å². The molecule has 2 aromatic heterocycles. The molecule has 2 aliphatic rings. The molecule has 4 heterocycles. The largest absolute Gasteiger partial charge is 0.477 e. The average Bonchev–Trinajstić information content (AvgIpc) is 3.18. The molecule has 0 spiro atoms. The molecule has 2 aliphatic heterocycles. The fraction of sp³-hybridized carbons (Fsp3) is 0.409. The Kier molecular flexibility index (Phi) is 5.75. The first-order valence-corrected chi connectivity index (χ1v) is 12.0. The minimum Gasteiger partial charge on any atom is -0.477 e. The van der Waals surface area contributed by atoms with E-state index < -0.39 is 22.1 Å². The summed E-state index contributed by atoms with van der Waals surface area (Å²) in [5, 5.41) is 21.1. The Morgan fingerprint density at radius 2 is 2.00 bits per heavy atom. The van der Waals surface area contributed by atoms with Gasteiger partial charge < -0.3 is 24.7 Å². The second-order valence-electron chi connectivity index (χ2n) is 8.62. The van der Waals surface area contributed by atoms with Gasteiger partial charge in [0.2, 0.25) is 5.43 Å². The highest BCUT2D eigenvalue weighted by atomic mass is 32.2. The lowest BCUT2D eigenvalue weighted by molar-refractivity contribution is -0.392. The van der Waals surface area contributed by atoms with Crippen LogP contribution in [0.5, 0.6) is 0 Å². The van der Waals surface area contributed by atoms with Crippen molar-refractivity contribution in [2.45, 2.75) is 30.8 Å². The molecule has 0 amide bonds. The summed E-state index contributed by atoms with van der Waals surface area (Å²) in [7, 11) is 0. The third-order valence-corrected chi connectivity index (χ3v) is 7.84. The predicted octanol–water partition coefficient (Wildman–Crippen LogP) is 2.70. The molecule has 1 atom stereocenters. The molecule has 0 saturated carbocycles. The van der Waals surface area contributed by atoms with Gasteiger partial charge in [0, 0.05) is 45.0 Å². The van der Waals surface area contributed by atoms with Crippen LogP contribution in [0, 0.1) is 22.9 Å². The van der Waals surface area contributed by atoms with Gasteiger partial charge in [0.15, 0.2) is 5.82 Å². The molecule has 35 heavy (non-hydrogen) atoms. The van der Waals surface area contributed by atoms with E-state index in [4.69, 9.17) is 0 Å². The van der Waals surface area contributed by atoms with E-state index in [1.165, 1.54) is 18.0 Å². The SMILES string of the molecule is Cc1ncc([N+](=O)[O-])n1CCN1CCN(c2cc3c(cc2F)c(=O)c(C(=O)O)c2n3C(C)S2)CC1. The fourth-order valence-electron chi connectivity index (χ4n) is 4.80. The number of carbonyl (C=O) groups is 1. The van der Waals surface area contributed by atoms with Gasteiger partial charge in [-0.3, -0.25) is 9.69 Å². The maximum absolute atomic E-state index is 15.1. The van der Waals surface area contributed by atoms with Gasteiger partial charge in [-0.2, -0.15) is 0 Å². The highest BCUT2D eigenvalue weighted by molar-refractivity contribution is 8.00. The molecule has 11 nitrogen and oxygen atoms in total. The monoisotopic (exact) mass is 502 g/mol. The van der Waals surface area contributed by atoms with E-state index >= 15 is 4.39 Å². The Hall–Kier alpha value is -3.45. The Morgan fingerprint density at radius 3 is 2.63 bits per heavy atom. The lowest BCUT2D eigenvalue weighted by atomic mass is 10.1. The molecule has 1 unspecified atom stereocenters. The molecule has 184 valence electrons. The zero-order chi connectivity index (χ0) is 25.0. The number of nitro groups is 1. The summed E-state index contributed by atoms with van der Waals surface area (Å²) in [6, 6.07) is 2.79. The minimum atomic E-state index is -1.31. The van der Waals surface area contributed by atoms with Crippen molar-refractivity contribution in [3.8, 4) is 0 Å². The van der Waals surface area contributed by atoms with E-state index in [2.05, 4.69) is 9.88 Å². The van der Waals surface area contributed by atoms with Crippen LogP contribution in [0.4, 0.5) is 15.9 Å². The van der Waals surface area contributed by atoms with Crippen LogP contribution >= 0.6 is 11.8 Å². The molecule has 0 bridgehead atoms. The van der Waals surface area contributed by atoms with Crippen molar-refractivity contribution in [2.75, 3.05) is 37.6 Å². The van der Waals surface area contributed by atoms with Crippen molar-refractivity contribution >= 4 is 40.1 Å². The number of imidazole rings is 1. The summed E-state index contributed by atoms with van der Waals surface area (Å²) in [5.74, 6) is -1.33. The first kappa shape index (κ1) is 23.3. The van der Waals surface area contributed by atoms with Crippen molar-refractivity contribution in [3.63, 3.8) is 0 Å². The number of halogens is 1. The number of carboxylic acids is 1. The maximum atomic E-state index is 15.1. The van der Waals surface area contributed by atoms with Gasteiger partial charge in [0.1, 0.15) is 24.1 Å². The number of thioether (sulfide) groups is 1. The lowest BCUT2D eigenvalue weighted by Crippen LogP contribution is -2.47. The quantitative estimate of drug-likeness (QED) is 0.400. The number of carboxylic acid groups (broad SMARTS) is 1. The number of benzene rings is 1. The number of hydrogen-bond donors (Lipinski definition) is 1. The summed E-state index contributed by atoms with van der Waals surface area (Å²) in [6.45, 7) is 7.03. The third kappa shape index (κ3) is 3.84. The Bertz CT molecular complexity index is 1430. The number of hydrogen-bond acceptors (Lipinski definition) is 8. The molecule has 1 aromatic carbocycles. The number of rotatable bonds is 6. The third-order valence-electron chi connectivity index (χ3n) is 6.66. The van der Waals surface area contributed by atoms with Crippen LogP contribution in [0.1, 0.15) is 28.5 Å². The number of piperazine rings is 1. The van der Waals surface area contributed by atoms with Crippen molar-refractivity contribution in [1.29, 1.82) is 0 Å². The van der Waals surface area contributed by atoms with Gasteiger partial charge in [-0.25, -0.2) is 18.7 Å². The predicted molar refractivity (Wildman–Crippen MR) is 128 cm³/mol. The standard InChI is InChI=1S/C22H23FN6O5S/c1-12-24-11-18(29(33)34)27(12)8-5-25-3-6-26(7-4-25)17-10-16-14(9-15(17)23)20(30)19(22(31)32)21-28(16)13(2)35-21/h9-11,13H,3-8H2,1-2H3,(H,31,32). The van der Waals surface area contributed by atoms with Gasteiger partial charge in [0.05, 0.1) is 21.6 Å². The number of anilines is 1. The summed E-state index contributed by atoms with van der Waals surface area (Å²) < 4.78 is 18.5. The van der Waals surface area contributed by atoms with Gasteiger partial charge in [-0.15, -0.1) is 0 Å². The molecule has 5 rings (SSSR count). The van der Waals surface area contributed by atoms with Crippen LogP contribution in [0.15, 0.2) is 28.2 Å². The van der Waals surface area contributed by atoms with Crippen molar-refractivity contribution in [2.24, 2.45) is 0 Å². The number of aryl methyl sites for hydroxylation is 1. The highest BCUT2D eigenvalue weighted by Crippen LogP contribution is 2.46. The van der Waals surface area contributed by atoms with Crippen molar-refractivity contribution in [1.82, 2.24) is 19.0 Å². The van der Waals surface area contributed by atoms with E-state index in [-0.39, 0.29) is 22.1 Å². The highest BCUT2D eigenvalue weighted by Gasteiger charge is 2.33. The molecular formula is C22H23FN6O5S. The molecule has 0 aliphatic carbocycles. The first-order valence-electron chi connectivity index (χ1n) is 11.1. The summed E-state index contributed by atoms with van der Waals surface area (Å²) in [5.41, 5.74) is -0.0745. The molecule has 1 N–H and O–H groups in total. The summed E-state index contributed by atoms with van der Waals surface area (Å²) >= 11 is 1.31. The van der Waals surface area contributed by atoms with Gasteiger partial charge in [-0.1, -0.05) is 11.8 Å². The Morgan fingerprint density at radius 1 is 1.29 bits per heavy atom. The number of nitrogens with zero attached hydrogens (tertiary/aromatic N) is 6. The molecule has 13 heteroatoms. The Balaban J connectivity index is 1.35. The van der Waals surface area contributed by atoms with Crippen molar-refractivity contribution < 1.29 is 19.2 Å². The molecule has 1 saturated heterocycles. The number of fused-ring (bicyclic) bond motifs is 3. The number of aromatic nitrogens is 3. The van der Waals surface area contributed by atoms with Gasteiger partial charge in [0.25, 0.3) is 0 Å². The number of aromatic carboxylic acids is 1. The van der Waals surface area contributed by atoms with E-state index in [9.17, 15) is 24.8 Å². The second-order valence-corrected chi connectivity index (χ2v) is 9.93. The minimum absolute atomic E-state index is 0.0373. The summed E-state index contributed by atoms with van der Waals surface area (Å²) in [4.78, 5) is 43.3. The zero-order valence-corrected chi connectivity index (χ0v) is 19.9. The van der Waals surface area contributed by atoms with E-state index in [0.29, 0.717) is 61.3 Å². The topological polar surface area (TPSA) is 127 Å². The van der Waals surface area contributed by atoms with Crippen LogP contribution < -0.4 is 10.3 Å². The fourth-order valence-corrected chi connectivity index (χ4v) is 5.95. The molecule has 0 radical (unpaired) electrons. The smallest absolute Gasteiger partial charge is 0.342 e. The average molecular weight is 503 g/mol. The maximum Gasteiger partial charge on any atom is 0.342 e. The van der Waals surface area contributed by atoms with Crippen molar-refractivity contribution in [3.05, 3.63) is 55.9 Å². The zero-order valence-electron chi connectivity index (χ0n) is 19.1. The number of pyridine rings is 1. The second kappa shape index (κ2) is 8.64. The normalized spacial score (nSPS) is 17.9. The van der Waals surface area contributed by atoms with Crippen LogP contribution in [0.3, 0.4) is 0 Å². The van der Waals surface area contributed by atoms with Crippen LogP contribution in [0.2, 0.25) is 0 Å². The van der Waals surface area contributed by atoms with Crippen LogP contribution in [0.25, 0.3) is 10.9 Å². The lowest BCUT2D eigenvalue weighted by Gasteiger charge is -2.37. The first-order chi connectivity index (χ1) is 16.7. The van der Waals surface area contributed by atoms with E-state index in [1.807, 2.05) is 11.8 Å².